The molecule has 3 heteroatoms. The molecule has 0 bridgehead atoms. The lowest BCUT2D eigenvalue weighted by molar-refractivity contribution is 0.490. The van der Waals surface area contributed by atoms with Crippen molar-refractivity contribution in [2.24, 2.45) is 0 Å². The summed E-state index contributed by atoms with van der Waals surface area (Å²) in [5, 5.41) is 4.62. The van der Waals surface area contributed by atoms with Crippen LogP contribution in [-0.2, 0) is 5.41 Å². The van der Waals surface area contributed by atoms with E-state index in [1.54, 1.807) is 0 Å². The minimum Gasteiger partial charge on any atom is -0.455 e. The summed E-state index contributed by atoms with van der Waals surface area (Å²) < 4.78 is 14.1. The molecular formula is C61H41NO2. The van der Waals surface area contributed by atoms with Crippen LogP contribution in [0.2, 0.25) is 0 Å². The van der Waals surface area contributed by atoms with Crippen LogP contribution in [0, 0.1) is 0 Å². The zero-order valence-electron chi connectivity index (χ0n) is 35.5. The minimum absolute atomic E-state index is 0.184. The van der Waals surface area contributed by atoms with E-state index in [0.29, 0.717) is 0 Å². The number of para-hydroxylation sites is 4. The van der Waals surface area contributed by atoms with E-state index in [1.807, 2.05) is 12.1 Å². The molecule has 1 aliphatic carbocycles. The molecule has 10 aromatic carbocycles. The van der Waals surface area contributed by atoms with Gasteiger partial charge in [0.25, 0.3) is 0 Å². The predicted octanol–water partition coefficient (Wildman–Crippen LogP) is 17.3. The molecule has 0 amide bonds. The summed E-state index contributed by atoms with van der Waals surface area (Å²) in [5.41, 5.74) is 18.6. The molecule has 3 nitrogen and oxygen atoms in total. The maximum absolute atomic E-state index is 7.55. The van der Waals surface area contributed by atoms with Gasteiger partial charge in [-0.2, -0.15) is 0 Å². The molecule has 64 heavy (non-hydrogen) atoms. The van der Waals surface area contributed by atoms with E-state index in [-0.39, 0.29) is 5.41 Å². The Morgan fingerprint density at radius 1 is 0.375 bits per heavy atom. The fourth-order valence-electron chi connectivity index (χ4n) is 10.5. The highest BCUT2D eigenvalue weighted by Gasteiger charge is 2.36. The highest BCUT2D eigenvalue weighted by atomic mass is 16.5. The third kappa shape index (κ3) is 5.47. The zero-order chi connectivity index (χ0) is 42.5. The molecule has 0 N–H and O–H groups in total. The molecule has 11 aromatic rings. The van der Waals surface area contributed by atoms with Crippen molar-refractivity contribution in [2.75, 3.05) is 4.90 Å². The molecular weight excluding hydrogens is 779 g/mol. The standard InChI is InChI=1S/C61H41NO2/c1-61(2)54-26-10-8-19-46(54)47-34-33-43(37-55(47)61)62(42-31-29-39(30-32-42)45-22-12-23-49-48-20-9-11-28-57(48)63-58(45)49)56-27-14-25-51-53-36-41-18-7-6-17-40(41)35-52(53)50-24-13-21-44(59(50)64-60(51)56)38-15-4-3-5-16-38/h3-37H,1-2H3. The van der Waals surface area contributed by atoms with Crippen LogP contribution >= 0.6 is 0 Å². The Balaban J connectivity index is 1.05. The normalized spacial score (nSPS) is 13.1. The number of ether oxygens (including phenoxy) is 1. The predicted molar refractivity (Wildman–Crippen MR) is 265 cm³/mol. The van der Waals surface area contributed by atoms with Gasteiger partial charge in [0.2, 0.25) is 0 Å². The SMILES string of the molecule is CC1(C)c2ccccc2-c2ccc(N(c3ccc(-c4cccc5c4oc4ccccc45)cc3)c3cccc4c3Oc3c(-c5ccccc5)cccc3-c3cc5ccccc5cc3-4)cc21. The highest BCUT2D eigenvalue weighted by molar-refractivity contribution is 6.10. The van der Waals surface area contributed by atoms with E-state index in [0.717, 1.165) is 95.0 Å². The average molecular weight is 820 g/mol. The third-order valence-electron chi connectivity index (χ3n) is 13.7. The van der Waals surface area contributed by atoms with Crippen molar-refractivity contribution < 1.29 is 9.15 Å². The molecule has 2 heterocycles. The lowest BCUT2D eigenvalue weighted by Gasteiger charge is -2.30. The molecule has 0 spiro atoms. The number of nitrogens with zero attached hydrogens (tertiary/aromatic N) is 1. The molecule has 302 valence electrons. The fourth-order valence-corrected chi connectivity index (χ4v) is 10.5. The Morgan fingerprint density at radius 2 is 0.953 bits per heavy atom. The summed E-state index contributed by atoms with van der Waals surface area (Å²) in [5.74, 6) is 1.65. The van der Waals surface area contributed by atoms with E-state index in [2.05, 4.69) is 219 Å². The van der Waals surface area contributed by atoms with Crippen LogP contribution in [0.4, 0.5) is 17.1 Å². The van der Waals surface area contributed by atoms with Gasteiger partial charge in [-0.05, 0) is 104 Å². The number of hydrogen-bond acceptors (Lipinski definition) is 3. The van der Waals surface area contributed by atoms with Gasteiger partial charge in [-0.3, -0.25) is 0 Å². The first-order valence-electron chi connectivity index (χ1n) is 22.1. The Hall–Kier alpha value is -8.14. The number of anilines is 3. The first-order valence-corrected chi connectivity index (χ1v) is 22.1. The Morgan fingerprint density at radius 3 is 1.77 bits per heavy atom. The highest BCUT2D eigenvalue weighted by Crippen LogP contribution is 2.57. The van der Waals surface area contributed by atoms with Crippen LogP contribution in [0.1, 0.15) is 25.0 Å². The number of rotatable bonds is 5. The van der Waals surface area contributed by atoms with Crippen LogP contribution in [0.5, 0.6) is 11.5 Å². The largest absolute Gasteiger partial charge is 0.455 e. The molecule has 0 fully saturated rings. The van der Waals surface area contributed by atoms with E-state index in [1.165, 1.54) is 33.0 Å². The summed E-state index contributed by atoms with van der Waals surface area (Å²) >= 11 is 0. The number of hydrogen-bond donors (Lipinski definition) is 0. The molecule has 0 radical (unpaired) electrons. The summed E-state index contributed by atoms with van der Waals surface area (Å²) in [6.07, 6.45) is 0. The summed E-state index contributed by atoms with van der Waals surface area (Å²) in [6.45, 7) is 4.69. The first kappa shape index (κ1) is 36.5. The van der Waals surface area contributed by atoms with Crippen molar-refractivity contribution in [3.63, 3.8) is 0 Å². The Bertz CT molecular complexity index is 3670. The second-order valence-corrected chi connectivity index (χ2v) is 17.6. The van der Waals surface area contributed by atoms with E-state index in [9.17, 15) is 0 Å². The second-order valence-electron chi connectivity index (χ2n) is 17.6. The number of benzene rings is 10. The average Bonchev–Trinajstić information content (AvgIpc) is 3.79. The summed E-state index contributed by atoms with van der Waals surface area (Å²) in [4.78, 5) is 2.39. The van der Waals surface area contributed by atoms with Gasteiger partial charge in [-0.25, -0.2) is 0 Å². The molecule has 0 saturated heterocycles. The molecule has 0 saturated carbocycles. The van der Waals surface area contributed by atoms with Crippen LogP contribution in [0.3, 0.4) is 0 Å². The van der Waals surface area contributed by atoms with Gasteiger partial charge in [-0.1, -0.05) is 178 Å². The van der Waals surface area contributed by atoms with Gasteiger partial charge in [-0.15, -0.1) is 0 Å². The monoisotopic (exact) mass is 819 g/mol. The van der Waals surface area contributed by atoms with Crippen LogP contribution in [-0.4, -0.2) is 0 Å². The number of fused-ring (bicyclic) bond motifs is 12. The van der Waals surface area contributed by atoms with Crippen LogP contribution in [0.25, 0.3) is 88.3 Å². The minimum atomic E-state index is -0.184. The molecule has 0 atom stereocenters. The molecule has 1 aliphatic heterocycles. The molecule has 2 aliphatic rings. The van der Waals surface area contributed by atoms with Crippen molar-refractivity contribution >= 4 is 49.8 Å². The Kier molecular flexibility index (Phi) is 7.95. The van der Waals surface area contributed by atoms with Crippen molar-refractivity contribution in [3.05, 3.63) is 223 Å². The van der Waals surface area contributed by atoms with Gasteiger partial charge >= 0.3 is 0 Å². The van der Waals surface area contributed by atoms with Gasteiger partial charge in [0, 0.05) is 49.8 Å². The van der Waals surface area contributed by atoms with Crippen molar-refractivity contribution in [3.8, 4) is 67.1 Å². The van der Waals surface area contributed by atoms with Crippen LogP contribution < -0.4 is 9.64 Å². The second kappa shape index (κ2) is 13.9. The molecule has 1 aromatic heterocycles. The van der Waals surface area contributed by atoms with Crippen molar-refractivity contribution in [2.45, 2.75) is 19.3 Å². The van der Waals surface area contributed by atoms with Gasteiger partial charge in [0.15, 0.2) is 5.75 Å². The topological polar surface area (TPSA) is 25.6 Å². The summed E-state index contributed by atoms with van der Waals surface area (Å²) in [7, 11) is 0. The van der Waals surface area contributed by atoms with Gasteiger partial charge in [0.1, 0.15) is 16.9 Å². The van der Waals surface area contributed by atoms with Crippen molar-refractivity contribution in [1.82, 2.24) is 0 Å². The Labute approximate surface area is 372 Å². The lowest BCUT2D eigenvalue weighted by atomic mass is 9.82. The van der Waals surface area contributed by atoms with Crippen molar-refractivity contribution in [1.29, 1.82) is 0 Å². The molecule has 0 unspecified atom stereocenters. The van der Waals surface area contributed by atoms with Gasteiger partial charge in [0.05, 0.1) is 5.69 Å². The lowest BCUT2D eigenvalue weighted by Crippen LogP contribution is -2.17. The van der Waals surface area contributed by atoms with Crippen LogP contribution in [0.15, 0.2) is 217 Å². The third-order valence-corrected chi connectivity index (χ3v) is 13.7. The first-order chi connectivity index (χ1) is 31.5. The van der Waals surface area contributed by atoms with Gasteiger partial charge < -0.3 is 14.1 Å². The maximum Gasteiger partial charge on any atom is 0.159 e. The van der Waals surface area contributed by atoms with E-state index < -0.39 is 0 Å². The van der Waals surface area contributed by atoms with E-state index >= 15 is 0 Å². The van der Waals surface area contributed by atoms with E-state index in [4.69, 9.17) is 9.15 Å². The smallest absolute Gasteiger partial charge is 0.159 e. The zero-order valence-corrected chi connectivity index (χ0v) is 35.5. The molecule has 13 rings (SSSR count). The maximum atomic E-state index is 7.55. The fraction of sp³-hybridized carbons (Fsp3) is 0.0492. The number of furan rings is 1. The summed E-state index contributed by atoms with van der Waals surface area (Å²) in [6, 6.07) is 76.6. The quantitative estimate of drug-likeness (QED) is 0.173.